The first kappa shape index (κ1) is 14.6. The molecule has 1 amide bonds. The van der Waals surface area contributed by atoms with Crippen LogP contribution in [0.15, 0.2) is 47.4 Å². The summed E-state index contributed by atoms with van der Waals surface area (Å²) >= 11 is 1.48. The summed E-state index contributed by atoms with van der Waals surface area (Å²) in [6, 6.07) is 13.3. The fourth-order valence-electron chi connectivity index (χ4n) is 2.47. The zero-order chi connectivity index (χ0) is 15.5. The van der Waals surface area contributed by atoms with Gasteiger partial charge in [-0.2, -0.15) is 5.26 Å². The van der Waals surface area contributed by atoms with E-state index in [2.05, 4.69) is 5.32 Å². The predicted octanol–water partition coefficient (Wildman–Crippen LogP) is 3.66. The Morgan fingerprint density at radius 1 is 1.27 bits per heavy atom. The van der Waals surface area contributed by atoms with Gasteiger partial charge in [-0.05, 0) is 42.3 Å². The number of halogens is 1. The van der Waals surface area contributed by atoms with Crippen molar-refractivity contribution in [2.24, 2.45) is 0 Å². The highest BCUT2D eigenvalue weighted by Gasteiger charge is 2.24. The molecule has 0 spiro atoms. The fraction of sp³-hybridized carbons (Fsp3) is 0.176. The topological polar surface area (TPSA) is 52.9 Å². The highest BCUT2D eigenvalue weighted by Crippen LogP contribution is 2.37. The van der Waals surface area contributed by atoms with E-state index in [1.807, 2.05) is 12.1 Å². The Morgan fingerprint density at radius 3 is 2.77 bits per heavy atom. The van der Waals surface area contributed by atoms with E-state index in [-0.39, 0.29) is 17.8 Å². The third kappa shape index (κ3) is 2.83. The van der Waals surface area contributed by atoms with E-state index in [1.54, 1.807) is 30.3 Å². The highest BCUT2D eigenvalue weighted by molar-refractivity contribution is 7.99. The minimum atomic E-state index is -0.236. The predicted molar refractivity (Wildman–Crippen MR) is 83.1 cm³/mol. The summed E-state index contributed by atoms with van der Waals surface area (Å²) < 4.78 is 13.8. The van der Waals surface area contributed by atoms with E-state index in [4.69, 9.17) is 5.26 Å². The molecule has 1 heterocycles. The van der Waals surface area contributed by atoms with Crippen molar-refractivity contribution in [1.82, 2.24) is 5.32 Å². The summed E-state index contributed by atoms with van der Waals surface area (Å²) in [5.41, 5.74) is 1.84. The molecular weight excluding hydrogens is 299 g/mol. The van der Waals surface area contributed by atoms with Gasteiger partial charge in [-0.25, -0.2) is 4.39 Å². The summed E-state index contributed by atoms with van der Waals surface area (Å²) in [4.78, 5) is 12.9. The number of thioether (sulfide) groups is 1. The maximum atomic E-state index is 13.8. The van der Waals surface area contributed by atoms with Crippen molar-refractivity contribution in [2.45, 2.75) is 17.4 Å². The number of nitrogens with one attached hydrogen (secondary N) is 1. The lowest BCUT2D eigenvalue weighted by Crippen LogP contribution is -2.30. The number of hydrogen-bond acceptors (Lipinski definition) is 3. The van der Waals surface area contributed by atoms with Gasteiger partial charge in [-0.15, -0.1) is 11.8 Å². The number of fused-ring (bicyclic) bond motifs is 1. The van der Waals surface area contributed by atoms with Crippen LogP contribution in [0.3, 0.4) is 0 Å². The molecule has 1 N–H and O–H groups in total. The lowest BCUT2D eigenvalue weighted by atomic mass is 10.0. The Bertz CT molecular complexity index is 752. The number of nitriles is 1. The van der Waals surface area contributed by atoms with Gasteiger partial charge < -0.3 is 5.32 Å². The van der Waals surface area contributed by atoms with Gasteiger partial charge in [-0.1, -0.05) is 12.1 Å². The Hall–Kier alpha value is -2.32. The van der Waals surface area contributed by atoms with Crippen LogP contribution in [0.4, 0.5) is 4.39 Å². The van der Waals surface area contributed by atoms with Crippen LogP contribution in [0.25, 0.3) is 0 Å². The maximum Gasteiger partial charge on any atom is 0.251 e. The molecule has 1 aliphatic rings. The molecule has 3 rings (SSSR count). The van der Waals surface area contributed by atoms with Gasteiger partial charge in [0.05, 0.1) is 17.7 Å². The standard InChI is InChI=1S/C17H13FN2OS/c18-14-3-1-2-13-15(8-9-22-16(13)14)20-17(21)12-6-4-11(10-19)5-7-12/h1-7,15H,8-9H2,(H,20,21)/t15-/m0/s1. The first-order valence-electron chi connectivity index (χ1n) is 6.91. The Kier molecular flexibility index (Phi) is 4.12. The molecular formula is C17H13FN2OS. The fourth-order valence-corrected chi connectivity index (χ4v) is 3.61. The number of rotatable bonds is 2. The van der Waals surface area contributed by atoms with Crippen molar-refractivity contribution in [3.63, 3.8) is 0 Å². The molecule has 1 aliphatic heterocycles. The molecule has 22 heavy (non-hydrogen) atoms. The number of amides is 1. The molecule has 2 aromatic rings. The summed E-state index contributed by atoms with van der Waals surface area (Å²) in [5.74, 6) is 0.322. The second-order valence-electron chi connectivity index (χ2n) is 5.01. The van der Waals surface area contributed by atoms with E-state index < -0.39 is 0 Å². The molecule has 0 fully saturated rings. The number of hydrogen-bond donors (Lipinski definition) is 1. The van der Waals surface area contributed by atoms with E-state index in [1.165, 1.54) is 17.8 Å². The second-order valence-corrected chi connectivity index (χ2v) is 6.12. The zero-order valence-electron chi connectivity index (χ0n) is 11.7. The number of benzene rings is 2. The van der Waals surface area contributed by atoms with Crippen molar-refractivity contribution in [2.75, 3.05) is 5.75 Å². The van der Waals surface area contributed by atoms with Crippen LogP contribution < -0.4 is 5.32 Å². The van der Waals surface area contributed by atoms with Crippen molar-refractivity contribution >= 4 is 17.7 Å². The Morgan fingerprint density at radius 2 is 2.05 bits per heavy atom. The quantitative estimate of drug-likeness (QED) is 0.920. The minimum absolute atomic E-state index is 0.185. The average Bonchev–Trinajstić information content (AvgIpc) is 2.56. The van der Waals surface area contributed by atoms with Gasteiger partial charge in [0.25, 0.3) is 5.91 Å². The summed E-state index contributed by atoms with van der Waals surface area (Å²) in [6.07, 6.45) is 0.767. The molecule has 5 heteroatoms. The zero-order valence-corrected chi connectivity index (χ0v) is 12.5. The minimum Gasteiger partial charge on any atom is -0.345 e. The molecule has 0 bridgehead atoms. The normalized spacial score (nSPS) is 16.5. The van der Waals surface area contributed by atoms with Gasteiger partial charge in [0.1, 0.15) is 5.82 Å². The molecule has 3 nitrogen and oxygen atoms in total. The highest BCUT2D eigenvalue weighted by atomic mass is 32.2. The molecule has 0 aliphatic carbocycles. The van der Waals surface area contributed by atoms with Gasteiger partial charge in [-0.3, -0.25) is 4.79 Å². The Balaban J connectivity index is 1.81. The van der Waals surface area contributed by atoms with Gasteiger partial charge in [0.2, 0.25) is 0 Å². The van der Waals surface area contributed by atoms with Crippen molar-refractivity contribution < 1.29 is 9.18 Å². The van der Waals surface area contributed by atoms with E-state index >= 15 is 0 Å². The number of nitrogens with zero attached hydrogens (tertiary/aromatic N) is 1. The molecule has 0 aromatic heterocycles. The van der Waals surface area contributed by atoms with Crippen LogP contribution in [0.1, 0.15) is 33.9 Å². The van der Waals surface area contributed by atoms with Crippen LogP contribution >= 0.6 is 11.8 Å². The lowest BCUT2D eigenvalue weighted by Gasteiger charge is -2.26. The first-order chi connectivity index (χ1) is 10.7. The van der Waals surface area contributed by atoms with Crippen LogP contribution in [0.5, 0.6) is 0 Å². The smallest absolute Gasteiger partial charge is 0.251 e. The van der Waals surface area contributed by atoms with Crippen LogP contribution in [0.2, 0.25) is 0 Å². The molecule has 2 aromatic carbocycles. The molecule has 0 radical (unpaired) electrons. The average molecular weight is 312 g/mol. The molecule has 0 saturated heterocycles. The maximum absolute atomic E-state index is 13.8. The van der Waals surface area contributed by atoms with Crippen LogP contribution in [0, 0.1) is 17.1 Å². The van der Waals surface area contributed by atoms with E-state index in [0.29, 0.717) is 16.0 Å². The summed E-state index contributed by atoms with van der Waals surface area (Å²) in [7, 11) is 0. The molecule has 0 saturated carbocycles. The van der Waals surface area contributed by atoms with Crippen LogP contribution in [-0.4, -0.2) is 11.7 Å². The molecule has 0 unspecified atom stereocenters. The van der Waals surface area contributed by atoms with Gasteiger partial charge in [0, 0.05) is 16.2 Å². The lowest BCUT2D eigenvalue weighted by molar-refractivity contribution is 0.0935. The second kappa shape index (κ2) is 6.20. The van der Waals surface area contributed by atoms with Crippen molar-refractivity contribution in [3.05, 3.63) is 65.0 Å². The third-order valence-corrected chi connectivity index (χ3v) is 4.77. The van der Waals surface area contributed by atoms with Gasteiger partial charge in [0.15, 0.2) is 0 Å². The monoisotopic (exact) mass is 312 g/mol. The molecule has 110 valence electrons. The van der Waals surface area contributed by atoms with E-state index in [0.717, 1.165) is 17.7 Å². The Labute approximate surface area is 132 Å². The van der Waals surface area contributed by atoms with Crippen LogP contribution in [-0.2, 0) is 0 Å². The summed E-state index contributed by atoms with van der Waals surface area (Å²) in [5, 5.41) is 11.7. The van der Waals surface area contributed by atoms with E-state index in [9.17, 15) is 9.18 Å². The van der Waals surface area contributed by atoms with Gasteiger partial charge >= 0.3 is 0 Å². The first-order valence-corrected chi connectivity index (χ1v) is 7.90. The largest absolute Gasteiger partial charge is 0.345 e. The van der Waals surface area contributed by atoms with Crippen molar-refractivity contribution in [3.8, 4) is 6.07 Å². The third-order valence-electron chi connectivity index (χ3n) is 3.61. The summed E-state index contributed by atoms with van der Waals surface area (Å²) in [6.45, 7) is 0. The van der Waals surface area contributed by atoms with Crippen molar-refractivity contribution in [1.29, 1.82) is 5.26 Å². The molecule has 1 atom stereocenters. The number of carbonyl (C=O) groups is 1. The SMILES string of the molecule is N#Cc1ccc(C(=O)N[C@H]2CCSc3c(F)cccc32)cc1. The number of carbonyl (C=O) groups excluding carboxylic acids is 1.